The predicted octanol–water partition coefficient (Wildman–Crippen LogP) is 1.33. The largest absolute Gasteiger partial charge is 0.379 e. The predicted molar refractivity (Wildman–Crippen MR) is 125 cm³/mol. The summed E-state index contributed by atoms with van der Waals surface area (Å²) in [5, 5.41) is 3.53. The molecule has 0 aromatic heterocycles. The van der Waals surface area contributed by atoms with Crippen LogP contribution in [0.1, 0.15) is 27.2 Å². The van der Waals surface area contributed by atoms with Gasteiger partial charge < -0.3 is 19.7 Å². The first-order valence-corrected chi connectivity index (χ1v) is 10.9. The first-order chi connectivity index (χ1) is 13.2. The molecule has 0 aromatic rings. The maximum Gasteiger partial charge on any atom is 0.194 e. The van der Waals surface area contributed by atoms with E-state index in [0.717, 1.165) is 84.7 Å². The number of rotatable bonds is 6. The van der Waals surface area contributed by atoms with Crippen LogP contribution in [0.25, 0.3) is 0 Å². The van der Waals surface area contributed by atoms with Gasteiger partial charge >= 0.3 is 0 Å². The van der Waals surface area contributed by atoms with Crippen molar-refractivity contribution in [1.29, 1.82) is 0 Å². The Hall–Kier alpha value is -0.160. The summed E-state index contributed by atoms with van der Waals surface area (Å²) in [5.74, 6) is 1.68. The Kier molecular flexibility index (Phi) is 10.8. The lowest BCUT2D eigenvalue weighted by Crippen LogP contribution is -2.49. The minimum absolute atomic E-state index is 0. The summed E-state index contributed by atoms with van der Waals surface area (Å²) < 4.78 is 11.0. The van der Waals surface area contributed by atoms with Gasteiger partial charge in [-0.25, -0.2) is 0 Å². The lowest BCUT2D eigenvalue weighted by molar-refractivity contribution is 0.00862. The molecule has 0 aromatic carbocycles. The lowest BCUT2D eigenvalue weighted by Gasteiger charge is -2.36. The monoisotopic (exact) mass is 509 g/mol. The quantitative estimate of drug-likeness (QED) is 0.332. The van der Waals surface area contributed by atoms with E-state index in [2.05, 4.69) is 40.8 Å². The molecule has 7 nitrogen and oxygen atoms in total. The van der Waals surface area contributed by atoms with Crippen LogP contribution in [0.2, 0.25) is 0 Å². The van der Waals surface area contributed by atoms with Gasteiger partial charge in [0.1, 0.15) is 0 Å². The minimum Gasteiger partial charge on any atom is -0.379 e. The average Bonchev–Trinajstić information content (AvgIpc) is 3.19. The summed E-state index contributed by atoms with van der Waals surface area (Å²) in [6.07, 6.45) is 1.22. The molecule has 3 aliphatic heterocycles. The summed E-state index contributed by atoms with van der Waals surface area (Å²) in [4.78, 5) is 12.7. The molecule has 0 bridgehead atoms. The molecule has 8 heteroatoms. The smallest absolute Gasteiger partial charge is 0.194 e. The first kappa shape index (κ1) is 24.1. The second-order valence-corrected chi connectivity index (χ2v) is 8.19. The SMILES string of the molecule is CCNC(=NCC(C(C)C)N1CCOCC1)N1CCC(N2CCOCC2)C1.I. The number of ether oxygens (including phenoxy) is 2. The fraction of sp³-hybridized carbons (Fsp3) is 0.950. The van der Waals surface area contributed by atoms with Crippen LogP contribution >= 0.6 is 24.0 Å². The Morgan fingerprint density at radius 1 is 1.04 bits per heavy atom. The molecule has 2 atom stereocenters. The van der Waals surface area contributed by atoms with Crippen LogP contribution in [0.4, 0.5) is 0 Å². The van der Waals surface area contributed by atoms with E-state index >= 15 is 0 Å². The second-order valence-electron chi connectivity index (χ2n) is 8.19. The van der Waals surface area contributed by atoms with Gasteiger partial charge in [-0.1, -0.05) is 13.8 Å². The zero-order chi connectivity index (χ0) is 19.1. The maximum atomic E-state index is 5.53. The van der Waals surface area contributed by atoms with Crippen LogP contribution in [0.15, 0.2) is 4.99 Å². The normalized spacial score (nSPS) is 26.4. The van der Waals surface area contributed by atoms with Crippen molar-refractivity contribution in [2.75, 3.05) is 78.8 Å². The Bertz CT molecular complexity index is 468. The van der Waals surface area contributed by atoms with Gasteiger partial charge in [-0.2, -0.15) is 0 Å². The topological polar surface area (TPSA) is 52.6 Å². The van der Waals surface area contributed by atoms with Gasteiger partial charge in [0.05, 0.1) is 33.0 Å². The number of hydrogen-bond acceptors (Lipinski definition) is 5. The molecule has 3 fully saturated rings. The molecule has 2 unspecified atom stereocenters. The third-order valence-electron chi connectivity index (χ3n) is 6.07. The third-order valence-corrected chi connectivity index (χ3v) is 6.07. The van der Waals surface area contributed by atoms with E-state index in [-0.39, 0.29) is 24.0 Å². The molecule has 3 aliphatic rings. The first-order valence-electron chi connectivity index (χ1n) is 10.9. The van der Waals surface area contributed by atoms with Crippen LogP contribution in [-0.4, -0.2) is 112 Å². The highest BCUT2D eigenvalue weighted by molar-refractivity contribution is 14.0. The molecule has 1 N–H and O–H groups in total. The van der Waals surface area contributed by atoms with Gasteiger partial charge in [-0.3, -0.25) is 14.8 Å². The zero-order valence-corrected chi connectivity index (χ0v) is 20.3. The summed E-state index contributed by atoms with van der Waals surface area (Å²) in [6, 6.07) is 1.12. The van der Waals surface area contributed by atoms with Gasteiger partial charge in [0.25, 0.3) is 0 Å². The molecule has 3 heterocycles. The number of hydrogen-bond donors (Lipinski definition) is 1. The number of morpholine rings is 2. The summed E-state index contributed by atoms with van der Waals surface area (Å²) in [7, 11) is 0. The Labute approximate surface area is 188 Å². The van der Waals surface area contributed by atoms with E-state index in [0.29, 0.717) is 18.0 Å². The van der Waals surface area contributed by atoms with Crippen LogP contribution in [0.3, 0.4) is 0 Å². The fourth-order valence-corrected chi connectivity index (χ4v) is 4.44. The van der Waals surface area contributed by atoms with Crippen LogP contribution in [0, 0.1) is 5.92 Å². The molecule has 0 saturated carbocycles. The highest BCUT2D eigenvalue weighted by Gasteiger charge is 2.31. The zero-order valence-electron chi connectivity index (χ0n) is 17.9. The summed E-state index contributed by atoms with van der Waals surface area (Å²) >= 11 is 0. The molecular weight excluding hydrogens is 469 g/mol. The molecule has 0 radical (unpaired) electrons. The number of guanidine groups is 1. The van der Waals surface area contributed by atoms with Gasteiger partial charge in [0, 0.05) is 57.9 Å². The highest BCUT2D eigenvalue weighted by atomic mass is 127. The number of halogens is 1. The van der Waals surface area contributed by atoms with Crippen molar-refractivity contribution in [3.05, 3.63) is 0 Å². The van der Waals surface area contributed by atoms with Crippen molar-refractivity contribution < 1.29 is 9.47 Å². The average molecular weight is 509 g/mol. The van der Waals surface area contributed by atoms with E-state index in [1.54, 1.807) is 0 Å². The van der Waals surface area contributed by atoms with Crippen LogP contribution in [0.5, 0.6) is 0 Å². The standard InChI is InChI=1S/C20H39N5O2.HI/c1-4-21-20(22-15-19(17(2)3)24-9-13-27-14-10-24)25-6-5-18(16-25)23-7-11-26-12-8-23;/h17-19H,4-16H2,1-3H3,(H,21,22);1H. The Morgan fingerprint density at radius 3 is 2.29 bits per heavy atom. The van der Waals surface area contributed by atoms with E-state index in [1.165, 1.54) is 6.42 Å². The van der Waals surface area contributed by atoms with E-state index < -0.39 is 0 Å². The van der Waals surface area contributed by atoms with Crippen molar-refractivity contribution in [3.63, 3.8) is 0 Å². The van der Waals surface area contributed by atoms with Crippen molar-refractivity contribution in [2.45, 2.75) is 39.3 Å². The molecule has 0 amide bonds. The van der Waals surface area contributed by atoms with E-state index in [4.69, 9.17) is 14.5 Å². The van der Waals surface area contributed by atoms with Crippen molar-refractivity contribution in [3.8, 4) is 0 Å². The number of likely N-dealkylation sites (tertiary alicyclic amines) is 1. The van der Waals surface area contributed by atoms with Crippen molar-refractivity contribution >= 4 is 29.9 Å². The van der Waals surface area contributed by atoms with E-state index in [9.17, 15) is 0 Å². The Balaban J connectivity index is 0.00000280. The number of nitrogens with zero attached hydrogens (tertiary/aromatic N) is 4. The van der Waals surface area contributed by atoms with Gasteiger partial charge in [0.15, 0.2) is 5.96 Å². The second kappa shape index (κ2) is 12.5. The number of aliphatic imine (C=N–C) groups is 1. The third kappa shape index (κ3) is 6.68. The lowest BCUT2D eigenvalue weighted by atomic mass is 10.0. The van der Waals surface area contributed by atoms with Gasteiger partial charge in [-0.05, 0) is 19.3 Å². The molecule has 164 valence electrons. The summed E-state index contributed by atoms with van der Waals surface area (Å²) in [5.41, 5.74) is 0. The van der Waals surface area contributed by atoms with Gasteiger partial charge in [0.2, 0.25) is 0 Å². The van der Waals surface area contributed by atoms with Gasteiger partial charge in [-0.15, -0.1) is 24.0 Å². The summed E-state index contributed by atoms with van der Waals surface area (Å²) in [6.45, 7) is 18.4. The molecule has 0 aliphatic carbocycles. The highest BCUT2D eigenvalue weighted by Crippen LogP contribution is 2.18. The van der Waals surface area contributed by atoms with Crippen molar-refractivity contribution in [2.24, 2.45) is 10.9 Å². The van der Waals surface area contributed by atoms with Crippen molar-refractivity contribution in [1.82, 2.24) is 20.0 Å². The number of nitrogens with one attached hydrogen (secondary N) is 1. The molecule has 3 saturated heterocycles. The maximum absolute atomic E-state index is 5.53. The Morgan fingerprint density at radius 2 is 1.68 bits per heavy atom. The molecule has 28 heavy (non-hydrogen) atoms. The van der Waals surface area contributed by atoms with E-state index in [1.807, 2.05) is 0 Å². The fourth-order valence-electron chi connectivity index (χ4n) is 4.44. The van der Waals surface area contributed by atoms with Crippen LogP contribution < -0.4 is 5.32 Å². The molecule has 0 spiro atoms. The molecular formula is C20H40IN5O2. The molecule has 3 rings (SSSR count). The van der Waals surface area contributed by atoms with Crippen LogP contribution in [-0.2, 0) is 9.47 Å². The minimum atomic E-state index is 0.